The van der Waals surface area contributed by atoms with Gasteiger partial charge in [0, 0.05) is 5.92 Å². The molecule has 7 nitrogen and oxygen atoms in total. The largest absolute Gasteiger partial charge is 0.435 e. The molecule has 2 heterocycles. The molecule has 0 saturated carbocycles. The minimum atomic E-state index is -2.90. The molecule has 0 aliphatic carbocycles. The number of para-hydroxylation sites is 2. The van der Waals surface area contributed by atoms with Crippen molar-refractivity contribution in [1.29, 1.82) is 0 Å². The van der Waals surface area contributed by atoms with Crippen LogP contribution in [0.5, 0.6) is 5.75 Å². The number of aromatic nitrogens is 4. The zero-order valence-corrected chi connectivity index (χ0v) is 16.4. The lowest BCUT2D eigenvalue weighted by atomic mass is 10.1. The van der Waals surface area contributed by atoms with Crippen LogP contribution in [0.25, 0.3) is 28.0 Å². The van der Waals surface area contributed by atoms with E-state index in [1.807, 2.05) is 42.7 Å². The molecular formula is C21H20F2N6O. The van der Waals surface area contributed by atoms with Gasteiger partial charge in [-0.1, -0.05) is 38.1 Å². The Balaban J connectivity index is 1.97. The van der Waals surface area contributed by atoms with Crippen LogP contribution in [0.1, 0.15) is 25.6 Å². The van der Waals surface area contributed by atoms with Crippen LogP contribution in [0.15, 0.2) is 48.5 Å². The average molecular weight is 410 g/mol. The Morgan fingerprint density at radius 3 is 2.30 bits per heavy atom. The molecule has 0 amide bonds. The number of anilines is 2. The van der Waals surface area contributed by atoms with Gasteiger partial charge in [-0.15, -0.1) is 0 Å². The van der Waals surface area contributed by atoms with E-state index in [1.54, 1.807) is 12.1 Å². The molecule has 4 aromatic rings. The fourth-order valence-corrected chi connectivity index (χ4v) is 3.38. The predicted octanol–water partition coefficient (Wildman–Crippen LogP) is 4.37. The maximum atomic E-state index is 12.5. The van der Waals surface area contributed by atoms with Crippen LogP contribution in [0, 0.1) is 0 Å². The van der Waals surface area contributed by atoms with Gasteiger partial charge in [-0.05, 0) is 29.8 Å². The second-order valence-electron chi connectivity index (χ2n) is 7.02. The van der Waals surface area contributed by atoms with Crippen LogP contribution < -0.4 is 16.2 Å². The lowest BCUT2D eigenvalue weighted by Crippen LogP contribution is -2.12. The van der Waals surface area contributed by atoms with Crippen molar-refractivity contribution < 1.29 is 13.5 Å². The second kappa shape index (κ2) is 7.58. The number of ether oxygens (including phenoxy) is 1. The van der Waals surface area contributed by atoms with Gasteiger partial charge in [-0.2, -0.15) is 18.7 Å². The second-order valence-corrected chi connectivity index (χ2v) is 7.02. The van der Waals surface area contributed by atoms with Gasteiger partial charge in [0.1, 0.15) is 17.4 Å². The zero-order valence-electron chi connectivity index (χ0n) is 16.4. The Kier molecular flexibility index (Phi) is 4.94. The molecule has 0 bridgehead atoms. The van der Waals surface area contributed by atoms with Gasteiger partial charge in [-0.25, -0.2) is 4.98 Å². The summed E-state index contributed by atoms with van der Waals surface area (Å²) >= 11 is 0. The van der Waals surface area contributed by atoms with Crippen LogP contribution in [-0.4, -0.2) is 26.1 Å². The quantitative estimate of drug-likeness (QED) is 0.506. The first-order chi connectivity index (χ1) is 14.3. The Morgan fingerprint density at radius 1 is 0.933 bits per heavy atom. The molecule has 0 fully saturated rings. The summed E-state index contributed by atoms with van der Waals surface area (Å²) in [7, 11) is 0. The molecule has 0 spiro atoms. The molecule has 4 rings (SSSR count). The zero-order chi connectivity index (χ0) is 21.4. The number of nitrogens with zero attached hydrogens (tertiary/aromatic N) is 4. The standard InChI is InChI=1S/C21H20F2N6O/c1-11(2)18-26-14-5-3-4-6-15(14)29(18)19-16(17(24)27-21(25)28-19)12-7-9-13(10-8-12)30-20(22)23/h3-11,20H,1-2H3,(H4,24,25,27,28). The van der Waals surface area contributed by atoms with Crippen LogP contribution in [0.3, 0.4) is 0 Å². The van der Waals surface area contributed by atoms with Gasteiger partial charge >= 0.3 is 6.61 Å². The Hall–Kier alpha value is -3.75. The molecule has 30 heavy (non-hydrogen) atoms. The number of hydrogen-bond acceptors (Lipinski definition) is 6. The van der Waals surface area contributed by atoms with Crippen LogP contribution in [-0.2, 0) is 0 Å². The molecule has 9 heteroatoms. The fourth-order valence-electron chi connectivity index (χ4n) is 3.38. The highest BCUT2D eigenvalue weighted by molar-refractivity contribution is 5.85. The molecule has 2 aromatic heterocycles. The van der Waals surface area contributed by atoms with E-state index < -0.39 is 6.61 Å². The maximum Gasteiger partial charge on any atom is 0.387 e. The number of fused-ring (bicyclic) bond motifs is 1. The van der Waals surface area contributed by atoms with Crippen molar-refractivity contribution in [3.8, 4) is 22.7 Å². The monoisotopic (exact) mass is 410 g/mol. The first-order valence-electron chi connectivity index (χ1n) is 9.31. The van der Waals surface area contributed by atoms with Crippen molar-refractivity contribution in [1.82, 2.24) is 19.5 Å². The number of imidazole rings is 1. The van der Waals surface area contributed by atoms with Crippen LogP contribution >= 0.6 is 0 Å². The normalized spacial score (nSPS) is 11.5. The Labute approximate surface area is 171 Å². The van der Waals surface area contributed by atoms with Gasteiger partial charge in [-0.3, -0.25) is 4.57 Å². The van der Waals surface area contributed by atoms with E-state index in [1.165, 1.54) is 12.1 Å². The van der Waals surface area contributed by atoms with E-state index in [2.05, 4.69) is 14.7 Å². The molecule has 2 aromatic carbocycles. The average Bonchev–Trinajstić information content (AvgIpc) is 3.08. The third kappa shape index (κ3) is 3.49. The Morgan fingerprint density at radius 2 is 1.63 bits per heavy atom. The SMILES string of the molecule is CC(C)c1nc2ccccc2n1-c1nc(N)nc(N)c1-c1ccc(OC(F)F)cc1. The Bertz CT molecular complexity index is 1200. The molecule has 0 radical (unpaired) electrons. The summed E-state index contributed by atoms with van der Waals surface area (Å²) in [6.45, 7) is 1.16. The van der Waals surface area contributed by atoms with E-state index in [4.69, 9.17) is 16.5 Å². The smallest absolute Gasteiger partial charge is 0.387 e. The predicted molar refractivity (Wildman–Crippen MR) is 112 cm³/mol. The van der Waals surface area contributed by atoms with E-state index >= 15 is 0 Å². The highest BCUT2D eigenvalue weighted by atomic mass is 19.3. The number of nitrogen functional groups attached to an aromatic ring is 2. The highest BCUT2D eigenvalue weighted by Gasteiger charge is 2.22. The van der Waals surface area contributed by atoms with Gasteiger partial charge in [0.2, 0.25) is 5.95 Å². The van der Waals surface area contributed by atoms with E-state index in [0.717, 1.165) is 16.9 Å². The number of benzene rings is 2. The van der Waals surface area contributed by atoms with Gasteiger partial charge in [0.15, 0.2) is 5.82 Å². The molecule has 0 aliphatic heterocycles. The van der Waals surface area contributed by atoms with Crippen LogP contribution in [0.2, 0.25) is 0 Å². The van der Waals surface area contributed by atoms with E-state index in [9.17, 15) is 8.78 Å². The molecule has 0 saturated heterocycles. The topological polar surface area (TPSA) is 105 Å². The highest BCUT2D eigenvalue weighted by Crippen LogP contribution is 2.35. The minimum Gasteiger partial charge on any atom is -0.435 e. The molecule has 0 atom stereocenters. The fraction of sp³-hybridized carbons (Fsp3) is 0.190. The lowest BCUT2D eigenvalue weighted by Gasteiger charge is -2.17. The first-order valence-corrected chi connectivity index (χ1v) is 9.31. The van der Waals surface area contributed by atoms with Gasteiger partial charge in [0.05, 0.1) is 16.6 Å². The third-order valence-corrected chi connectivity index (χ3v) is 4.62. The molecule has 4 N–H and O–H groups in total. The first kappa shape index (κ1) is 19.6. The molecule has 0 unspecified atom stereocenters. The van der Waals surface area contributed by atoms with Crippen molar-refractivity contribution in [3.63, 3.8) is 0 Å². The van der Waals surface area contributed by atoms with Crippen molar-refractivity contribution in [2.24, 2.45) is 0 Å². The van der Waals surface area contributed by atoms with Gasteiger partial charge in [0.25, 0.3) is 0 Å². The summed E-state index contributed by atoms with van der Waals surface area (Å²) in [6, 6.07) is 13.8. The van der Waals surface area contributed by atoms with Crippen LogP contribution in [0.4, 0.5) is 20.5 Å². The maximum absolute atomic E-state index is 12.5. The van der Waals surface area contributed by atoms with E-state index in [0.29, 0.717) is 16.9 Å². The van der Waals surface area contributed by atoms with Crippen molar-refractivity contribution in [3.05, 3.63) is 54.4 Å². The summed E-state index contributed by atoms with van der Waals surface area (Å²) in [6.07, 6.45) is 0. The summed E-state index contributed by atoms with van der Waals surface area (Å²) in [5, 5.41) is 0. The number of rotatable bonds is 5. The third-order valence-electron chi connectivity index (χ3n) is 4.62. The summed E-state index contributed by atoms with van der Waals surface area (Å²) in [4.78, 5) is 13.3. The number of hydrogen-bond donors (Lipinski definition) is 2. The minimum absolute atomic E-state index is 0.0244. The summed E-state index contributed by atoms with van der Waals surface area (Å²) in [5.74, 6) is 1.59. The van der Waals surface area contributed by atoms with Gasteiger partial charge < -0.3 is 16.2 Å². The summed E-state index contributed by atoms with van der Waals surface area (Å²) in [5.41, 5.74) is 15.0. The number of alkyl halides is 2. The number of halogens is 2. The van der Waals surface area contributed by atoms with Crippen molar-refractivity contribution >= 4 is 22.8 Å². The van der Waals surface area contributed by atoms with Crippen molar-refractivity contribution in [2.75, 3.05) is 11.5 Å². The molecule has 154 valence electrons. The summed E-state index contributed by atoms with van der Waals surface area (Å²) < 4.78 is 31.3. The lowest BCUT2D eigenvalue weighted by molar-refractivity contribution is -0.0498. The molecular weight excluding hydrogens is 390 g/mol. The number of nitrogens with two attached hydrogens (primary N) is 2. The molecule has 0 aliphatic rings. The van der Waals surface area contributed by atoms with E-state index in [-0.39, 0.29) is 23.4 Å². The van der Waals surface area contributed by atoms with Crippen molar-refractivity contribution in [2.45, 2.75) is 26.4 Å².